The maximum atomic E-state index is 13.8. The second-order valence-corrected chi connectivity index (χ2v) is 9.40. The Kier molecular flexibility index (Phi) is 7.62. The molecule has 3 rings (SSSR count). The summed E-state index contributed by atoms with van der Waals surface area (Å²) in [5.41, 5.74) is 1.02. The second kappa shape index (κ2) is 10.0. The number of rotatable bonds is 8. The number of methoxy groups -OCH3 is 1. The highest BCUT2D eigenvalue weighted by Gasteiger charge is 2.42. The lowest BCUT2D eigenvalue weighted by atomic mass is 9.95. The van der Waals surface area contributed by atoms with Gasteiger partial charge in [0.05, 0.1) is 12.7 Å². The number of allylic oxidation sites excluding steroid dienone is 3. The van der Waals surface area contributed by atoms with E-state index < -0.39 is 34.1 Å². The van der Waals surface area contributed by atoms with E-state index in [1.807, 2.05) is 0 Å². The van der Waals surface area contributed by atoms with Gasteiger partial charge in [0, 0.05) is 42.2 Å². The SMILES string of the molecule is C=C(/C=C\C(F)=C/CCl)[C@@H]1N=C(c2nccs2)N2C[C@@H](NS(N)(=O)=O)CC2=C1C(=O)OC. The number of nitrogens with zero attached hydrogens (tertiary/aromatic N) is 3. The molecule has 2 atom stereocenters. The van der Waals surface area contributed by atoms with E-state index in [2.05, 4.69) is 21.3 Å². The molecule has 0 spiro atoms. The topological polar surface area (TPSA) is 127 Å². The van der Waals surface area contributed by atoms with Gasteiger partial charge in [0.2, 0.25) is 0 Å². The molecular formula is C19H21ClFN5O4S2. The number of carbonyl (C=O) groups is 1. The number of fused-ring (bicyclic) bond motifs is 1. The number of halogens is 2. The van der Waals surface area contributed by atoms with E-state index >= 15 is 0 Å². The van der Waals surface area contributed by atoms with Crippen LogP contribution >= 0.6 is 22.9 Å². The summed E-state index contributed by atoms with van der Waals surface area (Å²) < 4.78 is 44.3. The third-order valence-corrected chi connectivity index (χ3v) is 6.28. The molecule has 1 aromatic rings. The van der Waals surface area contributed by atoms with Gasteiger partial charge < -0.3 is 9.64 Å². The number of hydrogen-bond acceptors (Lipinski definition) is 8. The number of hydrogen-bond donors (Lipinski definition) is 2. The first-order valence-electron chi connectivity index (χ1n) is 9.29. The molecular weight excluding hydrogens is 481 g/mol. The van der Waals surface area contributed by atoms with Gasteiger partial charge in [-0.2, -0.15) is 13.1 Å². The normalized spacial score (nSPS) is 21.7. The molecule has 1 saturated heterocycles. The van der Waals surface area contributed by atoms with Gasteiger partial charge in [0.1, 0.15) is 11.9 Å². The minimum atomic E-state index is -3.97. The predicted octanol–water partition coefficient (Wildman–Crippen LogP) is 1.77. The first kappa shape index (κ1) is 24.3. The second-order valence-electron chi connectivity index (χ2n) is 6.87. The molecule has 0 saturated carbocycles. The molecule has 3 N–H and O–H groups in total. The van der Waals surface area contributed by atoms with Gasteiger partial charge in [-0.1, -0.05) is 12.7 Å². The van der Waals surface area contributed by atoms with E-state index in [0.29, 0.717) is 22.1 Å². The fraction of sp³-hybridized carbons (Fsp3) is 0.316. The molecule has 3 heterocycles. The summed E-state index contributed by atoms with van der Waals surface area (Å²) in [6.07, 6.45) is 5.53. The lowest BCUT2D eigenvalue weighted by Crippen LogP contribution is -2.42. The quantitative estimate of drug-likeness (QED) is 0.317. The Balaban J connectivity index is 2.09. The van der Waals surface area contributed by atoms with Crippen molar-refractivity contribution in [1.82, 2.24) is 14.6 Å². The number of nitrogens with two attached hydrogens (primary N) is 1. The molecule has 0 aromatic carbocycles. The van der Waals surface area contributed by atoms with Crippen molar-refractivity contribution in [3.05, 3.63) is 64.1 Å². The summed E-state index contributed by atoms with van der Waals surface area (Å²) in [7, 11) is -2.74. The van der Waals surface area contributed by atoms with Gasteiger partial charge >= 0.3 is 5.97 Å². The van der Waals surface area contributed by atoms with Crippen LogP contribution in [0.3, 0.4) is 0 Å². The molecule has 32 heavy (non-hydrogen) atoms. The first-order valence-corrected chi connectivity index (χ1v) is 12.3. The van der Waals surface area contributed by atoms with Crippen LogP contribution in [-0.4, -0.2) is 61.7 Å². The van der Waals surface area contributed by atoms with Crippen molar-refractivity contribution in [2.45, 2.75) is 18.5 Å². The Hall–Kier alpha value is -2.38. The number of carbonyl (C=O) groups excluding carboxylic acids is 1. The number of aliphatic imine (C=N–C) groups is 1. The summed E-state index contributed by atoms with van der Waals surface area (Å²) >= 11 is 6.84. The molecule has 1 aromatic heterocycles. The maximum absolute atomic E-state index is 13.8. The van der Waals surface area contributed by atoms with Crippen LogP contribution in [-0.2, 0) is 19.7 Å². The van der Waals surface area contributed by atoms with Crippen LogP contribution in [0, 0.1) is 0 Å². The highest BCUT2D eigenvalue weighted by atomic mass is 35.5. The summed E-state index contributed by atoms with van der Waals surface area (Å²) in [5.74, 6) is -0.769. The number of nitrogens with one attached hydrogen (secondary N) is 1. The van der Waals surface area contributed by atoms with E-state index in [4.69, 9.17) is 21.5 Å². The van der Waals surface area contributed by atoms with Crippen molar-refractivity contribution >= 4 is 45.0 Å². The Labute approximate surface area is 194 Å². The van der Waals surface area contributed by atoms with E-state index in [0.717, 1.165) is 0 Å². The zero-order chi connectivity index (χ0) is 23.5. The van der Waals surface area contributed by atoms with Crippen LogP contribution in [0.25, 0.3) is 0 Å². The van der Waals surface area contributed by atoms with Crippen molar-refractivity contribution < 1.29 is 22.3 Å². The largest absolute Gasteiger partial charge is 0.466 e. The van der Waals surface area contributed by atoms with E-state index in [1.165, 1.54) is 36.7 Å². The predicted molar refractivity (Wildman–Crippen MR) is 121 cm³/mol. The zero-order valence-corrected chi connectivity index (χ0v) is 19.4. The third-order valence-electron chi connectivity index (χ3n) is 4.70. The van der Waals surface area contributed by atoms with Crippen LogP contribution in [0.4, 0.5) is 4.39 Å². The zero-order valence-electron chi connectivity index (χ0n) is 17.0. The molecule has 0 unspecified atom stereocenters. The molecule has 0 bridgehead atoms. The Bertz CT molecular complexity index is 1130. The Morgan fingerprint density at radius 3 is 2.88 bits per heavy atom. The number of alkyl halides is 1. The molecule has 0 amide bonds. The number of amidine groups is 1. The van der Waals surface area contributed by atoms with Crippen LogP contribution in [0.5, 0.6) is 0 Å². The molecule has 1 fully saturated rings. The fourth-order valence-electron chi connectivity index (χ4n) is 3.47. The average Bonchev–Trinajstić information content (AvgIpc) is 3.39. The number of aromatic nitrogens is 1. The maximum Gasteiger partial charge on any atom is 0.338 e. The highest BCUT2D eigenvalue weighted by Crippen LogP contribution is 2.36. The number of esters is 1. The van der Waals surface area contributed by atoms with Gasteiger partial charge in [0.25, 0.3) is 10.2 Å². The van der Waals surface area contributed by atoms with Crippen LogP contribution in [0.15, 0.2) is 64.0 Å². The lowest BCUT2D eigenvalue weighted by Gasteiger charge is -2.31. The number of thiazole rings is 1. The molecule has 172 valence electrons. The monoisotopic (exact) mass is 501 g/mol. The Morgan fingerprint density at radius 1 is 1.53 bits per heavy atom. The average molecular weight is 502 g/mol. The van der Waals surface area contributed by atoms with Gasteiger partial charge in [-0.25, -0.2) is 19.3 Å². The standard InChI is InChI=1S/C19H21ClFN5O4S2/c1-11(3-4-12(21)5-6-20)16-15(19(27)30-2)14-9-13(25-32(22,28)29)10-26(14)17(24-16)18-23-7-8-31-18/h3-5,7-8,13,16,25H,1,6,9-10H2,2H3,(H2,22,28,29)/b4-3-,12-5+/t13-,16-/m0/s1. The summed E-state index contributed by atoms with van der Waals surface area (Å²) in [5, 5.41) is 7.48. The minimum Gasteiger partial charge on any atom is -0.466 e. The van der Waals surface area contributed by atoms with Crippen LogP contribution in [0.1, 0.15) is 11.4 Å². The van der Waals surface area contributed by atoms with Gasteiger partial charge in [-0.05, 0) is 17.7 Å². The van der Waals surface area contributed by atoms with Crippen LogP contribution < -0.4 is 9.86 Å². The molecule has 0 aliphatic carbocycles. The third kappa shape index (κ3) is 5.51. The van der Waals surface area contributed by atoms with E-state index in [-0.39, 0.29) is 24.4 Å². The summed E-state index contributed by atoms with van der Waals surface area (Å²) in [4.78, 5) is 23.4. The lowest BCUT2D eigenvalue weighted by molar-refractivity contribution is -0.136. The molecule has 2 aliphatic rings. The van der Waals surface area contributed by atoms with Gasteiger partial charge in [-0.3, -0.25) is 4.99 Å². The summed E-state index contributed by atoms with van der Waals surface area (Å²) in [6, 6.07) is -1.49. The minimum absolute atomic E-state index is 0.00326. The van der Waals surface area contributed by atoms with Crippen molar-refractivity contribution in [3.63, 3.8) is 0 Å². The number of ether oxygens (including phenoxy) is 1. The first-order chi connectivity index (χ1) is 15.1. The van der Waals surface area contributed by atoms with Crippen molar-refractivity contribution in [1.29, 1.82) is 0 Å². The van der Waals surface area contributed by atoms with E-state index in [1.54, 1.807) is 16.5 Å². The van der Waals surface area contributed by atoms with Crippen molar-refractivity contribution in [2.75, 3.05) is 19.5 Å². The summed E-state index contributed by atoms with van der Waals surface area (Å²) in [6.45, 7) is 4.14. The van der Waals surface area contributed by atoms with Crippen molar-refractivity contribution in [2.24, 2.45) is 10.1 Å². The van der Waals surface area contributed by atoms with Crippen LogP contribution in [0.2, 0.25) is 0 Å². The van der Waals surface area contributed by atoms with Gasteiger partial charge in [-0.15, -0.1) is 22.9 Å². The molecule has 2 aliphatic heterocycles. The van der Waals surface area contributed by atoms with Crippen molar-refractivity contribution in [3.8, 4) is 0 Å². The van der Waals surface area contributed by atoms with Gasteiger partial charge in [0.15, 0.2) is 10.8 Å². The highest BCUT2D eigenvalue weighted by molar-refractivity contribution is 7.87. The Morgan fingerprint density at radius 2 is 2.28 bits per heavy atom. The van der Waals surface area contributed by atoms with E-state index in [9.17, 15) is 17.6 Å². The smallest absolute Gasteiger partial charge is 0.338 e. The molecule has 0 radical (unpaired) electrons. The molecule has 9 nitrogen and oxygen atoms in total. The molecule has 13 heteroatoms. The fourth-order valence-corrected chi connectivity index (χ4v) is 4.88.